The van der Waals surface area contributed by atoms with Crippen LogP contribution in [0, 0.1) is 0 Å². The van der Waals surface area contributed by atoms with Crippen molar-refractivity contribution in [2.45, 2.75) is 58.1 Å². The van der Waals surface area contributed by atoms with Crippen molar-refractivity contribution in [3.8, 4) is 0 Å². The number of piperidine rings is 1. The fourth-order valence-corrected chi connectivity index (χ4v) is 3.26. The van der Waals surface area contributed by atoms with Crippen molar-refractivity contribution in [3.05, 3.63) is 17.5 Å². The quantitative estimate of drug-likeness (QED) is 0.861. The van der Waals surface area contributed by atoms with Gasteiger partial charge in [-0.05, 0) is 58.7 Å². The van der Waals surface area contributed by atoms with Crippen LogP contribution in [0.1, 0.15) is 50.9 Å². The highest BCUT2D eigenvalue weighted by atomic mass is 16.6. The smallest absolute Gasteiger partial charge is 0.410 e. The van der Waals surface area contributed by atoms with Gasteiger partial charge in [0.1, 0.15) is 5.60 Å². The first-order chi connectivity index (χ1) is 10.9. The normalized spacial score (nSPS) is 20.0. The number of aromatic nitrogens is 2. The standard InChI is InChI=1S/C17H28N4O2/c1-17(2,3)23-16(22)20-10-6-13-12-21(19-15(13)7-11-20)14-4-8-18-9-5-14/h12,14,18H,4-11H2,1-3H3. The van der Waals surface area contributed by atoms with Crippen LogP contribution in [0.5, 0.6) is 0 Å². The van der Waals surface area contributed by atoms with Gasteiger partial charge in [-0.15, -0.1) is 0 Å². The molecule has 6 heteroatoms. The number of rotatable bonds is 1. The van der Waals surface area contributed by atoms with Gasteiger partial charge in [-0.25, -0.2) is 4.79 Å². The highest BCUT2D eigenvalue weighted by molar-refractivity contribution is 5.68. The number of fused-ring (bicyclic) bond motifs is 1. The average Bonchev–Trinajstić information content (AvgIpc) is 2.80. The zero-order valence-electron chi connectivity index (χ0n) is 14.5. The molecular weight excluding hydrogens is 292 g/mol. The van der Waals surface area contributed by atoms with Crippen LogP contribution in [-0.2, 0) is 17.6 Å². The van der Waals surface area contributed by atoms with Gasteiger partial charge in [0.05, 0.1) is 11.7 Å². The summed E-state index contributed by atoms with van der Waals surface area (Å²) < 4.78 is 7.64. The molecule has 6 nitrogen and oxygen atoms in total. The van der Waals surface area contributed by atoms with Gasteiger partial charge in [0.25, 0.3) is 0 Å². The van der Waals surface area contributed by atoms with Crippen LogP contribution >= 0.6 is 0 Å². The van der Waals surface area contributed by atoms with Crippen molar-refractivity contribution in [1.29, 1.82) is 0 Å². The highest BCUT2D eigenvalue weighted by Crippen LogP contribution is 2.22. The molecule has 1 saturated heterocycles. The zero-order chi connectivity index (χ0) is 16.4. The van der Waals surface area contributed by atoms with Crippen LogP contribution in [0.4, 0.5) is 4.79 Å². The maximum absolute atomic E-state index is 12.2. The summed E-state index contributed by atoms with van der Waals surface area (Å²) >= 11 is 0. The molecule has 1 aromatic rings. The third-order valence-corrected chi connectivity index (χ3v) is 4.50. The van der Waals surface area contributed by atoms with Crippen LogP contribution in [-0.4, -0.2) is 52.6 Å². The molecule has 3 rings (SSSR count). The first kappa shape index (κ1) is 16.3. The van der Waals surface area contributed by atoms with Crippen molar-refractivity contribution >= 4 is 6.09 Å². The van der Waals surface area contributed by atoms with Gasteiger partial charge in [-0.2, -0.15) is 5.10 Å². The first-order valence-electron chi connectivity index (χ1n) is 8.68. The molecule has 0 bridgehead atoms. The van der Waals surface area contributed by atoms with Gasteiger partial charge < -0.3 is 15.0 Å². The number of nitrogens with zero attached hydrogens (tertiary/aromatic N) is 3. The largest absolute Gasteiger partial charge is 0.444 e. The summed E-state index contributed by atoms with van der Waals surface area (Å²) in [6.07, 6.45) is 5.94. The Morgan fingerprint density at radius 1 is 1.26 bits per heavy atom. The molecule has 1 amide bonds. The predicted octanol–water partition coefficient (Wildman–Crippen LogP) is 2.14. The number of hydrogen-bond acceptors (Lipinski definition) is 4. The van der Waals surface area contributed by atoms with E-state index in [9.17, 15) is 4.79 Å². The number of carbonyl (C=O) groups is 1. The van der Waals surface area contributed by atoms with E-state index in [0.717, 1.165) is 44.5 Å². The summed E-state index contributed by atoms with van der Waals surface area (Å²) in [6.45, 7) is 9.25. The van der Waals surface area contributed by atoms with E-state index in [1.807, 2.05) is 25.7 Å². The molecule has 3 heterocycles. The van der Waals surface area contributed by atoms with Gasteiger partial charge in [0.2, 0.25) is 0 Å². The third-order valence-electron chi connectivity index (χ3n) is 4.50. The minimum Gasteiger partial charge on any atom is -0.444 e. The zero-order valence-corrected chi connectivity index (χ0v) is 14.5. The van der Waals surface area contributed by atoms with E-state index in [0.29, 0.717) is 19.1 Å². The Kier molecular flexibility index (Phi) is 4.62. The van der Waals surface area contributed by atoms with Crippen LogP contribution in [0.25, 0.3) is 0 Å². The minimum atomic E-state index is -0.443. The molecule has 0 aromatic carbocycles. The van der Waals surface area contributed by atoms with Gasteiger partial charge in [-0.1, -0.05) is 0 Å². The summed E-state index contributed by atoms with van der Waals surface area (Å²) in [5.41, 5.74) is 1.99. The van der Waals surface area contributed by atoms with Crippen LogP contribution in [0.3, 0.4) is 0 Å². The molecule has 0 aliphatic carbocycles. The Hall–Kier alpha value is -1.56. The van der Waals surface area contributed by atoms with E-state index in [1.165, 1.54) is 5.56 Å². The summed E-state index contributed by atoms with van der Waals surface area (Å²) in [5.74, 6) is 0. The van der Waals surface area contributed by atoms with E-state index >= 15 is 0 Å². The van der Waals surface area contributed by atoms with E-state index in [-0.39, 0.29) is 6.09 Å². The number of hydrogen-bond donors (Lipinski definition) is 1. The van der Waals surface area contributed by atoms with Crippen LogP contribution in [0.15, 0.2) is 6.20 Å². The Morgan fingerprint density at radius 3 is 2.65 bits per heavy atom. The van der Waals surface area contributed by atoms with Crippen molar-refractivity contribution in [3.63, 3.8) is 0 Å². The molecule has 2 aliphatic rings. The van der Waals surface area contributed by atoms with Crippen molar-refractivity contribution in [1.82, 2.24) is 20.0 Å². The molecule has 1 N–H and O–H groups in total. The second kappa shape index (κ2) is 6.51. The summed E-state index contributed by atoms with van der Waals surface area (Å²) in [5, 5.41) is 8.21. The Labute approximate surface area is 138 Å². The molecule has 0 atom stereocenters. The molecule has 128 valence electrons. The Morgan fingerprint density at radius 2 is 1.96 bits per heavy atom. The SMILES string of the molecule is CC(C)(C)OC(=O)N1CCc2cn(C3CCNCC3)nc2CC1. The molecule has 0 unspecified atom stereocenters. The van der Waals surface area contributed by atoms with Crippen molar-refractivity contribution in [2.75, 3.05) is 26.2 Å². The number of ether oxygens (including phenoxy) is 1. The van der Waals surface area contributed by atoms with Gasteiger partial charge in [0, 0.05) is 25.7 Å². The number of carbonyl (C=O) groups excluding carboxylic acids is 1. The summed E-state index contributed by atoms with van der Waals surface area (Å²) in [7, 11) is 0. The van der Waals surface area contributed by atoms with Gasteiger partial charge in [-0.3, -0.25) is 4.68 Å². The molecule has 0 radical (unpaired) electrons. The lowest BCUT2D eigenvalue weighted by molar-refractivity contribution is 0.0258. The lowest BCUT2D eigenvalue weighted by atomic mass is 10.1. The van der Waals surface area contributed by atoms with Crippen molar-refractivity contribution < 1.29 is 9.53 Å². The Balaban J connectivity index is 1.63. The van der Waals surface area contributed by atoms with Crippen LogP contribution in [0.2, 0.25) is 0 Å². The lowest BCUT2D eigenvalue weighted by Gasteiger charge is -2.26. The average molecular weight is 320 g/mol. The minimum absolute atomic E-state index is 0.214. The first-order valence-corrected chi connectivity index (χ1v) is 8.68. The Bertz CT molecular complexity index is 530. The molecule has 2 aliphatic heterocycles. The van der Waals surface area contributed by atoms with E-state index in [1.54, 1.807) is 0 Å². The topological polar surface area (TPSA) is 59.4 Å². The maximum atomic E-state index is 12.2. The van der Waals surface area contributed by atoms with Gasteiger partial charge in [0.15, 0.2) is 0 Å². The van der Waals surface area contributed by atoms with Crippen LogP contribution < -0.4 is 5.32 Å². The molecular formula is C17H28N4O2. The third kappa shape index (κ3) is 4.05. The lowest BCUT2D eigenvalue weighted by Crippen LogP contribution is -2.38. The molecule has 23 heavy (non-hydrogen) atoms. The number of amides is 1. The summed E-state index contributed by atoms with van der Waals surface area (Å²) in [4.78, 5) is 14.0. The maximum Gasteiger partial charge on any atom is 0.410 e. The molecule has 0 spiro atoms. The highest BCUT2D eigenvalue weighted by Gasteiger charge is 2.26. The second-order valence-corrected chi connectivity index (χ2v) is 7.53. The van der Waals surface area contributed by atoms with E-state index < -0.39 is 5.60 Å². The number of nitrogens with one attached hydrogen (secondary N) is 1. The predicted molar refractivity (Wildman–Crippen MR) is 88.6 cm³/mol. The van der Waals surface area contributed by atoms with Gasteiger partial charge >= 0.3 is 6.09 Å². The summed E-state index contributed by atoms with van der Waals surface area (Å²) in [6, 6.07) is 0.519. The molecule has 0 saturated carbocycles. The monoisotopic (exact) mass is 320 g/mol. The second-order valence-electron chi connectivity index (χ2n) is 7.53. The van der Waals surface area contributed by atoms with E-state index in [2.05, 4.69) is 16.2 Å². The van der Waals surface area contributed by atoms with E-state index in [4.69, 9.17) is 9.84 Å². The van der Waals surface area contributed by atoms with Crippen molar-refractivity contribution in [2.24, 2.45) is 0 Å². The fourth-order valence-electron chi connectivity index (χ4n) is 3.26. The molecule has 1 fully saturated rings. The molecule has 1 aromatic heterocycles. The fraction of sp³-hybridized carbons (Fsp3) is 0.765.